The molecule has 0 amide bonds. The van der Waals surface area contributed by atoms with Gasteiger partial charge in [-0.05, 0) is 22.9 Å². The highest BCUT2D eigenvalue weighted by molar-refractivity contribution is 9.10. The lowest BCUT2D eigenvalue weighted by molar-refractivity contribution is -0.385. The van der Waals surface area contributed by atoms with Crippen molar-refractivity contribution in [2.75, 3.05) is 44.2 Å². The van der Waals surface area contributed by atoms with Crippen LogP contribution in [0.5, 0.6) is 0 Å². The Balaban J connectivity index is 1.73. The fourth-order valence-electron chi connectivity index (χ4n) is 2.79. The van der Waals surface area contributed by atoms with Gasteiger partial charge in [-0.1, -0.05) is 0 Å². The molecule has 114 valence electrons. The summed E-state index contributed by atoms with van der Waals surface area (Å²) in [6, 6.07) is 0.669. The zero-order valence-corrected chi connectivity index (χ0v) is 13.5. The third-order valence-corrected chi connectivity index (χ3v) is 5.26. The van der Waals surface area contributed by atoms with E-state index in [2.05, 4.69) is 36.0 Å². The van der Waals surface area contributed by atoms with Crippen LogP contribution in [-0.2, 0) is 0 Å². The molecule has 0 atom stereocenters. The molecule has 1 aromatic rings. The smallest absolute Gasteiger partial charge is 0.291 e. The van der Waals surface area contributed by atoms with E-state index < -0.39 is 4.92 Å². The first kappa shape index (κ1) is 14.7. The quantitative estimate of drug-likeness (QED) is 0.647. The van der Waals surface area contributed by atoms with Crippen molar-refractivity contribution < 1.29 is 4.92 Å². The van der Waals surface area contributed by atoms with Gasteiger partial charge < -0.3 is 10.2 Å². The van der Waals surface area contributed by atoms with Crippen LogP contribution in [0.1, 0.15) is 5.56 Å². The van der Waals surface area contributed by atoms with Crippen LogP contribution in [0.2, 0.25) is 0 Å². The minimum Gasteiger partial charge on any atom is -0.353 e. The molecule has 7 nitrogen and oxygen atoms in total. The van der Waals surface area contributed by atoms with Gasteiger partial charge in [0.25, 0.3) is 5.69 Å². The zero-order valence-electron chi connectivity index (χ0n) is 11.9. The first-order valence-corrected chi connectivity index (χ1v) is 7.86. The highest BCUT2D eigenvalue weighted by Gasteiger charge is 2.29. The number of pyridine rings is 1. The van der Waals surface area contributed by atoms with Crippen molar-refractivity contribution in [2.24, 2.45) is 0 Å². The van der Waals surface area contributed by atoms with Crippen LogP contribution < -0.4 is 10.2 Å². The van der Waals surface area contributed by atoms with Gasteiger partial charge in [0, 0.05) is 50.9 Å². The number of aromatic nitrogens is 1. The van der Waals surface area contributed by atoms with Gasteiger partial charge in [0.15, 0.2) is 0 Å². The van der Waals surface area contributed by atoms with Crippen LogP contribution in [0.25, 0.3) is 0 Å². The lowest BCUT2D eigenvalue weighted by atomic mass is 10.1. The van der Waals surface area contributed by atoms with Crippen LogP contribution in [0.15, 0.2) is 10.7 Å². The molecular weight excluding hydrogens is 338 g/mol. The molecule has 0 unspecified atom stereocenters. The Morgan fingerprint density at radius 2 is 2.05 bits per heavy atom. The number of nitrogens with zero attached hydrogens (tertiary/aromatic N) is 4. The number of nitro groups is 1. The summed E-state index contributed by atoms with van der Waals surface area (Å²) in [6.07, 6.45) is 1.36. The standard InChI is InChI=1S/C13H18BrN5O2/c1-9-11(19(20)21)8-16-13(12(9)14)18-4-2-17(3-5-18)10-6-15-7-10/h8,10,15H,2-7H2,1H3. The minimum atomic E-state index is -0.390. The van der Waals surface area contributed by atoms with Crippen LogP contribution in [0, 0.1) is 17.0 Å². The Hall–Kier alpha value is -1.25. The molecule has 0 spiro atoms. The summed E-state index contributed by atoms with van der Waals surface area (Å²) in [5.41, 5.74) is 0.695. The summed E-state index contributed by atoms with van der Waals surface area (Å²) < 4.78 is 0.732. The first-order valence-electron chi connectivity index (χ1n) is 7.07. The van der Waals surface area contributed by atoms with Crippen molar-refractivity contribution in [1.29, 1.82) is 0 Å². The number of piperazine rings is 1. The highest BCUT2D eigenvalue weighted by atomic mass is 79.9. The van der Waals surface area contributed by atoms with Crippen molar-refractivity contribution >= 4 is 27.4 Å². The number of rotatable bonds is 3. The van der Waals surface area contributed by atoms with E-state index in [1.54, 1.807) is 6.92 Å². The van der Waals surface area contributed by atoms with Gasteiger partial charge in [-0.2, -0.15) is 0 Å². The first-order chi connectivity index (χ1) is 10.1. The maximum absolute atomic E-state index is 10.9. The molecule has 3 rings (SSSR count). The number of anilines is 1. The van der Waals surface area contributed by atoms with Crippen LogP contribution in [0.3, 0.4) is 0 Å². The molecule has 8 heteroatoms. The molecule has 2 aliphatic heterocycles. The molecule has 2 saturated heterocycles. The normalized spacial score (nSPS) is 20.4. The number of halogens is 1. The molecule has 0 radical (unpaired) electrons. The van der Waals surface area contributed by atoms with Crippen molar-refractivity contribution in [1.82, 2.24) is 15.2 Å². The van der Waals surface area contributed by atoms with Crippen LogP contribution in [-0.4, -0.2) is 60.1 Å². The van der Waals surface area contributed by atoms with E-state index in [4.69, 9.17) is 0 Å². The molecule has 2 aliphatic rings. The summed E-state index contributed by atoms with van der Waals surface area (Å²) in [4.78, 5) is 19.5. The Kier molecular flexibility index (Phi) is 4.10. The topological polar surface area (TPSA) is 74.5 Å². The van der Waals surface area contributed by atoms with Crippen LogP contribution in [0.4, 0.5) is 11.5 Å². The van der Waals surface area contributed by atoms with E-state index in [0.29, 0.717) is 11.6 Å². The second kappa shape index (κ2) is 5.86. The van der Waals surface area contributed by atoms with E-state index in [1.807, 2.05) is 0 Å². The lowest BCUT2D eigenvalue weighted by Crippen LogP contribution is -2.61. The number of hydrogen-bond donors (Lipinski definition) is 1. The minimum absolute atomic E-state index is 0.0600. The maximum atomic E-state index is 10.9. The van der Waals surface area contributed by atoms with E-state index >= 15 is 0 Å². The van der Waals surface area contributed by atoms with Gasteiger partial charge in [-0.25, -0.2) is 4.98 Å². The van der Waals surface area contributed by atoms with Gasteiger partial charge >= 0.3 is 0 Å². The lowest BCUT2D eigenvalue weighted by Gasteiger charge is -2.43. The SMILES string of the molecule is Cc1c([N+](=O)[O-])cnc(N2CCN(C3CNC3)CC2)c1Br. The summed E-state index contributed by atoms with van der Waals surface area (Å²) in [5, 5.41) is 14.2. The van der Waals surface area contributed by atoms with Gasteiger partial charge in [-0.15, -0.1) is 0 Å². The van der Waals surface area contributed by atoms with Crippen molar-refractivity contribution in [2.45, 2.75) is 13.0 Å². The average Bonchev–Trinajstić information content (AvgIpc) is 2.40. The average molecular weight is 356 g/mol. The molecular formula is C13H18BrN5O2. The van der Waals surface area contributed by atoms with Crippen LogP contribution >= 0.6 is 15.9 Å². The fraction of sp³-hybridized carbons (Fsp3) is 0.615. The third kappa shape index (κ3) is 2.75. The van der Waals surface area contributed by atoms with Gasteiger partial charge in [0.1, 0.15) is 12.0 Å². The summed E-state index contributed by atoms with van der Waals surface area (Å²) in [7, 11) is 0. The highest BCUT2D eigenvalue weighted by Crippen LogP contribution is 2.33. The Morgan fingerprint density at radius 3 is 2.57 bits per heavy atom. The monoisotopic (exact) mass is 355 g/mol. The molecule has 2 fully saturated rings. The fourth-order valence-corrected chi connectivity index (χ4v) is 3.35. The predicted octanol–water partition coefficient (Wildman–Crippen LogP) is 1.15. The van der Waals surface area contributed by atoms with Crippen molar-refractivity contribution in [3.05, 3.63) is 26.3 Å². The molecule has 1 aromatic heterocycles. The Morgan fingerprint density at radius 1 is 1.38 bits per heavy atom. The van der Waals surface area contributed by atoms with Gasteiger partial charge in [-0.3, -0.25) is 15.0 Å². The largest absolute Gasteiger partial charge is 0.353 e. The predicted molar refractivity (Wildman–Crippen MR) is 83.8 cm³/mol. The number of nitrogens with one attached hydrogen (secondary N) is 1. The summed E-state index contributed by atoms with van der Waals surface area (Å²) in [6.45, 7) is 7.74. The third-order valence-electron chi connectivity index (χ3n) is 4.31. The molecule has 0 aliphatic carbocycles. The summed E-state index contributed by atoms with van der Waals surface area (Å²) in [5.74, 6) is 0.810. The van der Waals surface area contributed by atoms with E-state index in [1.165, 1.54) is 6.20 Å². The molecule has 1 N–H and O–H groups in total. The second-order valence-corrected chi connectivity index (χ2v) is 6.29. The van der Waals surface area contributed by atoms with Gasteiger partial charge in [0.2, 0.25) is 0 Å². The zero-order chi connectivity index (χ0) is 15.0. The second-order valence-electron chi connectivity index (χ2n) is 5.50. The molecule has 0 saturated carbocycles. The number of hydrogen-bond acceptors (Lipinski definition) is 6. The molecule has 21 heavy (non-hydrogen) atoms. The molecule has 3 heterocycles. The Labute approximate surface area is 131 Å². The van der Waals surface area contributed by atoms with E-state index in [9.17, 15) is 10.1 Å². The van der Waals surface area contributed by atoms with Gasteiger partial charge in [0.05, 0.1) is 9.40 Å². The van der Waals surface area contributed by atoms with E-state index in [-0.39, 0.29) is 5.69 Å². The molecule has 0 bridgehead atoms. The Bertz CT molecular complexity index is 556. The molecule has 0 aromatic carbocycles. The maximum Gasteiger partial charge on any atom is 0.291 e. The van der Waals surface area contributed by atoms with Crippen molar-refractivity contribution in [3.63, 3.8) is 0 Å². The van der Waals surface area contributed by atoms with E-state index in [0.717, 1.165) is 49.6 Å². The van der Waals surface area contributed by atoms with Crippen molar-refractivity contribution in [3.8, 4) is 0 Å². The summed E-state index contributed by atoms with van der Waals surface area (Å²) >= 11 is 3.47.